The first-order valence-electron chi connectivity index (χ1n) is 9.45. The summed E-state index contributed by atoms with van der Waals surface area (Å²) in [5.74, 6) is -0.109. The molecule has 0 aromatic heterocycles. The lowest BCUT2D eigenvalue weighted by Gasteiger charge is -2.23. The highest BCUT2D eigenvalue weighted by Gasteiger charge is 2.31. The van der Waals surface area contributed by atoms with E-state index in [0.29, 0.717) is 13.0 Å². The lowest BCUT2D eigenvalue weighted by molar-refractivity contribution is -0.118. The third-order valence-electron chi connectivity index (χ3n) is 5.30. The van der Waals surface area contributed by atoms with E-state index >= 15 is 0 Å². The van der Waals surface area contributed by atoms with Crippen molar-refractivity contribution in [2.45, 2.75) is 31.3 Å². The number of carbonyl (C=O) groups is 2. The monoisotopic (exact) mass is 361 g/mol. The van der Waals surface area contributed by atoms with E-state index in [-0.39, 0.29) is 11.9 Å². The van der Waals surface area contributed by atoms with Gasteiger partial charge in [-0.05, 0) is 31.0 Å². The molecule has 1 saturated heterocycles. The summed E-state index contributed by atoms with van der Waals surface area (Å²) in [5.41, 5.74) is 3.83. The number of amides is 1. The van der Waals surface area contributed by atoms with Crippen LogP contribution in [0.3, 0.4) is 0 Å². The highest BCUT2D eigenvalue weighted by molar-refractivity contribution is 6.12. The fourth-order valence-electron chi connectivity index (χ4n) is 3.88. The quantitative estimate of drug-likeness (QED) is 0.833. The number of benzene rings is 2. The summed E-state index contributed by atoms with van der Waals surface area (Å²) in [6, 6.07) is 17.4. The van der Waals surface area contributed by atoms with E-state index in [1.54, 1.807) is 0 Å². The van der Waals surface area contributed by atoms with Crippen LogP contribution >= 0.6 is 0 Å². The number of rotatable bonds is 5. The van der Waals surface area contributed by atoms with Gasteiger partial charge < -0.3 is 10.1 Å². The maximum absolute atomic E-state index is 12.8. The van der Waals surface area contributed by atoms with Crippen LogP contribution in [0.5, 0.6) is 0 Å². The van der Waals surface area contributed by atoms with Gasteiger partial charge in [-0.15, -0.1) is 0 Å². The third kappa shape index (κ3) is 3.83. The SMILES string of the molecule is O=C[C@@H]1CCCN1CC1N=C(Cc2ccccc2)c2ccccc2NC1=O. The normalized spacial score (nSPS) is 22.5. The molecule has 0 spiro atoms. The number of anilines is 1. The van der Waals surface area contributed by atoms with Crippen LogP contribution in [0.25, 0.3) is 0 Å². The van der Waals surface area contributed by atoms with Gasteiger partial charge in [0, 0.05) is 29.9 Å². The van der Waals surface area contributed by atoms with Gasteiger partial charge >= 0.3 is 0 Å². The average molecular weight is 361 g/mol. The fourth-order valence-corrected chi connectivity index (χ4v) is 3.88. The largest absolute Gasteiger partial charge is 0.324 e. The number of benzodiazepines with no additional fused rings is 1. The maximum Gasteiger partial charge on any atom is 0.250 e. The summed E-state index contributed by atoms with van der Waals surface area (Å²) in [5, 5.41) is 3.03. The molecule has 5 heteroatoms. The minimum absolute atomic E-state index is 0.101. The molecule has 2 atom stereocenters. The van der Waals surface area contributed by atoms with Gasteiger partial charge in [-0.1, -0.05) is 48.5 Å². The van der Waals surface area contributed by atoms with E-state index in [1.807, 2.05) is 42.5 Å². The summed E-state index contributed by atoms with van der Waals surface area (Å²) in [4.78, 5) is 31.1. The standard InChI is InChI=1S/C22H23N3O2/c26-15-17-9-6-12-25(17)14-21-22(27)24-19-11-5-4-10-18(19)20(23-21)13-16-7-2-1-3-8-16/h1-5,7-8,10-11,15,17,21H,6,9,12-14H2,(H,24,27)/t17-,21?/m0/s1. The predicted octanol–water partition coefficient (Wildman–Crippen LogP) is 2.70. The number of aliphatic imine (C=N–C) groups is 1. The number of nitrogens with zero attached hydrogens (tertiary/aromatic N) is 2. The Morgan fingerprint density at radius 3 is 2.70 bits per heavy atom. The van der Waals surface area contributed by atoms with Crippen molar-refractivity contribution in [1.29, 1.82) is 0 Å². The lowest BCUT2D eigenvalue weighted by atomic mass is 10.0. The molecule has 1 amide bonds. The number of carbonyl (C=O) groups excluding carboxylic acids is 2. The van der Waals surface area contributed by atoms with Gasteiger partial charge in [0.2, 0.25) is 0 Å². The van der Waals surface area contributed by atoms with Crippen LogP contribution in [0, 0.1) is 0 Å². The molecule has 2 aromatic carbocycles. The molecule has 138 valence electrons. The van der Waals surface area contributed by atoms with Crippen LogP contribution in [-0.4, -0.2) is 48.0 Å². The smallest absolute Gasteiger partial charge is 0.250 e. The van der Waals surface area contributed by atoms with Gasteiger partial charge in [-0.2, -0.15) is 0 Å². The molecule has 27 heavy (non-hydrogen) atoms. The molecule has 2 aliphatic heterocycles. The van der Waals surface area contributed by atoms with Gasteiger partial charge in [0.15, 0.2) is 0 Å². The topological polar surface area (TPSA) is 61.8 Å². The van der Waals surface area contributed by atoms with Gasteiger partial charge in [0.1, 0.15) is 12.3 Å². The second-order valence-corrected chi connectivity index (χ2v) is 7.13. The van der Waals surface area contributed by atoms with Crippen molar-refractivity contribution in [2.75, 3.05) is 18.4 Å². The predicted molar refractivity (Wildman–Crippen MR) is 106 cm³/mol. The average Bonchev–Trinajstić information content (AvgIpc) is 3.10. The molecule has 2 aliphatic rings. The first-order chi connectivity index (χ1) is 13.2. The Morgan fingerprint density at radius 2 is 1.89 bits per heavy atom. The van der Waals surface area contributed by atoms with Gasteiger partial charge in [0.25, 0.3) is 5.91 Å². The van der Waals surface area contributed by atoms with Crippen molar-refractivity contribution >= 4 is 23.6 Å². The molecule has 0 bridgehead atoms. The molecule has 2 heterocycles. The summed E-state index contributed by atoms with van der Waals surface area (Å²) < 4.78 is 0. The number of aldehydes is 1. The number of hydrogen-bond acceptors (Lipinski definition) is 4. The van der Waals surface area contributed by atoms with Crippen LogP contribution in [0.1, 0.15) is 24.0 Å². The number of nitrogens with one attached hydrogen (secondary N) is 1. The highest BCUT2D eigenvalue weighted by Crippen LogP contribution is 2.24. The molecule has 2 aromatic rings. The molecular formula is C22H23N3O2. The van der Waals surface area contributed by atoms with Crippen molar-refractivity contribution < 1.29 is 9.59 Å². The van der Waals surface area contributed by atoms with E-state index in [9.17, 15) is 9.59 Å². The van der Waals surface area contributed by atoms with Crippen LogP contribution in [-0.2, 0) is 16.0 Å². The molecule has 0 aliphatic carbocycles. The number of para-hydroxylation sites is 1. The first-order valence-corrected chi connectivity index (χ1v) is 9.45. The Kier molecular flexibility index (Phi) is 5.12. The zero-order valence-electron chi connectivity index (χ0n) is 15.2. The molecular weight excluding hydrogens is 338 g/mol. The summed E-state index contributed by atoms with van der Waals surface area (Å²) in [7, 11) is 0. The summed E-state index contributed by atoms with van der Waals surface area (Å²) in [6.45, 7) is 1.31. The summed E-state index contributed by atoms with van der Waals surface area (Å²) >= 11 is 0. The Hall–Kier alpha value is -2.79. The molecule has 1 fully saturated rings. The minimum atomic E-state index is -0.517. The maximum atomic E-state index is 12.8. The molecule has 4 rings (SSSR count). The van der Waals surface area contributed by atoms with E-state index < -0.39 is 6.04 Å². The number of likely N-dealkylation sites (tertiary alicyclic amines) is 1. The zero-order valence-corrected chi connectivity index (χ0v) is 15.2. The molecule has 1 N–H and O–H groups in total. The van der Waals surface area contributed by atoms with Gasteiger partial charge in [-0.3, -0.25) is 14.7 Å². The number of hydrogen-bond donors (Lipinski definition) is 1. The third-order valence-corrected chi connectivity index (χ3v) is 5.30. The molecule has 0 radical (unpaired) electrons. The van der Waals surface area contributed by atoms with Crippen molar-refractivity contribution in [3.05, 3.63) is 65.7 Å². The first kappa shape index (κ1) is 17.6. The van der Waals surface area contributed by atoms with Crippen LogP contribution < -0.4 is 5.32 Å². The second-order valence-electron chi connectivity index (χ2n) is 7.13. The van der Waals surface area contributed by atoms with Crippen molar-refractivity contribution in [3.8, 4) is 0 Å². The Morgan fingerprint density at radius 1 is 1.11 bits per heavy atom. The van der Waals surface area contributed by atoms with E-state index in [0.717, 1.165) is 48.2 Å². The molecule has 1 unspecified atom stereocenters. The second kappa shape index (κ2) is 7.84. The van der Waals surface area contributed by atoms with Crippen molar-refractivity contribution in [2.24, 2.45) is 4.99 Å². The molecule has 0 saturated carbocycles. The molecule has 5 nitrogen and oxygen atoms in total. The van der Waals surface area contributed by atoms with Crippen LogP contribution in [0.2, 0.25) is 0 Å². The van der Waals surface area contributed by atoms with Crippen molar-refractivity contribution in [1.82, 2.24) is 4.90 Å². The zero-order chi connectivity index (χ0) is 18.6. The van der Waals surface area contributed by atoms with Gasteiger partial charge in [-0.25, -0.2) is 0 Å². The summed E-state index contributed by atoms with van der Waals surface area (Å²) in [6.07, 6.45) is 3.50. The highest BCUT2D eigenvalue weighted by atomic mass is 16.2. The Bertz CT molecular complexity index is 863. The van der Waals surface area contributed by atoms with E-state index in [4.69, 9.17) is 4.99 Å². The lowest BCUT2D eigenvalue weighted by Crippen LogP contribution is -2.41. The van der Waals surface area contributed by atoms with Crippen LogP contribution in [0.15, 0.2) is 59.6 Å². The van der Waals surface area contributed by atoms with Gasteiger partial charge in [0.05, 0.1) is 6.04 Å². The Balaban J connectivity index is 1.67. The minimum Gasteiger partial charge on any atom is -0.324 e. The Labute approximate surface area is 159 Å². The van der Waals surface area contributed by atoms with Crippen molar-refractivity contribution in [3.63, 3.8) is 0 Å². The van der Waals surface area contributed by atoms with Crippen LogP contribution in [0.4, 0.5) is 5.69 Å². The fraction of sp³-hybridized carbons (Fsp3) is 0.318. The number of fused-ring (bicyclic) bond motifs is 1. The van der Waals surface area contributed by atoms with E-state index in [1.165, 1.54) is 0 Å². The van der Waals surface area contributed by atoms with E-state index in [2.05, 4.69) is 22.3 Å².